The zero-order valence-corrected chi connectivity index (χ0v) is 9.20. The molecule has 0 fully saturated rings. The molecule has 0 saturated carbocycles. The largest absolute Gasteiger partial charge is 0.330 e. The minimum Gasteiger partial charge on any atom is -0.330 e. The summed E-state index contributed by atoms with van der Waals surface area (Å²) in [6.07, 6.45) is 4.99. The summed E-state index contributed by atoms with van der Waals surface area (Å²) >= 11 is 1.40. The predicted molar refractivity (Wildman–Crippen MR) is 56.1 cm³/mol. The number of nitrogens with two attached hydrogens (primary N) is 1. The van der Waals surface area contributed by atoms with Crippen LogP contribution in [0.5, 0.6) is 0 Å². The molecule has 0 aromatic heterocycles. The number of hydrogen-bond acceptors (Lipinski definition) is 3. The third kappa shape index (κ3) is 4.14. The van der Waals surface area contributed by atoms with E-state index in [1.165, 1.54) is 17.6 Å². The van der Waals surface area contributed by atoms with Crippen LogP contribution in [0.25, 0.3) is 0 Å². The summed E-state index contributed by atoms with van der Waals surface area (Å²) in [5.74, 6) is 0. The van der Waals surface area contributed by atoms with Crippen molar-refractivity contribution in [2.75, 3.05) is 12.8 Å². The average molecular weight is 189 g/mol. The molecule has 0 aliphatic carbocycles. The van der Waals surface area contributed by atoms with Gasteiger partial charge >= 0.3 is 0 Å². The van der Waals surface area contributed by atoms with Crippen molar-refractivity contribution in [3.8, 4) is 0 Å². The molecule has 12 heavy (non-hydrogen) atoms. The van der Waals surface area contributed by atoms with Crippen LogP contribution in [0.2, 0.25) is 0 Å². The van der Waals surface area contributed by atoms with Crippen LogP contribution >= 0.6 is 12.0 Å². The Bertz CT molecular complexity index is 155. The highest BCUT2D eigenvalue weighted by atomic mass is 32.2. The SMILES string of the molecule is CSOC(C)(C)/C(C)=C/CCN. The van der Waals surface area contributed by atoms with Crippen LogP contribution in [0, 0.1) is 0 Å². The molecule has 72 valence electrons. The van der Waals surface area contributed by atoms with Crippen LogP contribution in [0.3, 0.4) is 0 Å². The van der Waals surface area contributed by atoms with Gasteiger partial charge in [-0.2, -0.15) is 0 Å². The van der Waals surface area contributed by atoms with Gasteiger partial charge in [0.05, 0.1) is 5.60 Å². The van der Waals surface area contributed by atoms with Gasteiger partial charge in [0, 0.05) is 6.26 Å². The maximum Gasteiger partial charge on any atom is 0.0979 e. The fourth-order valence-electron chi connectivity index (χ4n) is 0.820. The quantitative estimate of drug-likeness (QED) is 0.532. The van der Waals surface area contributed by atoms with Crippen molar-refractivity contribution in [2.45, 2.75) is 32.8 Å². The third-order valence-corrected chi connectivity index (χ3v) is 2.44. The first kappa shape index (κ1) is 12.0. The Morgan fingerprint density at radius 3 is 2.58 bits per heavy atom. The van der Waals surface area contributed by atoms with Gasteiger partial charge < -0.3 is 9.92 Å². The maximum absolute atomic E-state index is 5.50. The molecular weight excluding hydrogens is 170 g/mol. The summed E-state index contributed by atoms with van der Waals surface area (Å²) in [4.78, 5) is 0. The van der Waals surface area contributed by atoms with Crippen molar-refractivity contribution < 1.29 is 4.18 Å². The minimum absolute atomic E-state index is 0.172. The lowest BCUT2D eigenvalue weighted by Gasteiger charge is -2.24. The molecule has 0 atom stereocenters. The number of hydrogen-bond donors (Lipinski definition) is 1. The molecule has 0 radical (unpaired) electrons. The van der Waals surface area contributed by atoms with Gasteiger partial charge in [0.25, 0.3) is 0 Å². The van der Waals surface area contributed by atoms with E-state index in [4.69, 9.17) is 9.92 Å². The average Bonchev–Trinajstić information content (AvgIpc) is 2.00. The van der Waals surface area contributed by atoms with Gasteiger partial charge in [-0.1, -0.05) is 6.08 Å². The van der Waals surface area contributed by atoms with E-state index in [1.54, 1.807) is 0 Å². The van der Waals surface area contributed by atoms with Crippen LogP contribution in [-0.2, 0) is 4.18 Å². The second-order valence-corrected chi connectivity index (χ2v) is 3.72. The molecular formula is C9H19NOS. The lowest BCUT2D eigenvalue weighted by atomic mass is 9.99. The fourth-order valence-corrected chi connectivity index (χ4v) is 1.37. The van der Waals surface area contributed by atoms with E-state index in [0.29, 0.717) is 6.54 Å². The van der Waals surface area contributed by atoms with Gasteiger partial charge in [-0.15, -0.1) is 0 Å². The summed E-state index contributed by atoms with van der Waals surface area (Å²) in [7, 11) is 0. The molecule has 0 spiro atoms. The molecule has 3 heteroatoms. The highest BCUT2D eigenvalue weighted by Crippen LogP contribution is 2.24. The first-order valence-corrected chi connectivity index (χ1v) is 5.28. The van der Waals surface area contributed by atoms with Crippen molar-refractivity contribution in [3.05, 3.63) is 11.6 Å². The molecule has 0 aromatic carbocycles. The van der Waals surface area contributed by atoms with Gasteiger partial charge in [-0.25, -0.2) is 0 Å². The van der Waals surface area contributed by atoms with Crippen LogP contribution in [-0.4, -0.2) is 18.4 Å². The van der Waals surface area contributed by atoms with Crippen molar-refractivity contribution in [2.24, 2.45) is 5.73 Å². The molecule has 0 rings (SSSR count). The summed E-state index contributed by atoms with van der Waals surface area (Å²) < 4.78 is 5.50. The van der Waals surface area contributed by atoms with Crippen molar-refractivity contribution in [1.82, 2.24) is 0 Å². The van der Waals surface area contributed by atoms with E-state index in [2.05, 4.69) is 26.8 Å². The monoisotopic (exact) mass is 189 g/mol. The summed E-state index contributed by atoms with van der Waals surface area (Å²) in [6, 6.07) is 0. The first-order chi connectivity index (χ1) is 5.54. The predicted octanol–water partition coefficient (Wildman–Crippen LogP) is 2.35. The molecule has 0 aromatic rings. The molecule has 2 N–H and O–H groups in total. The van der Waals surface area contributed by atoms with Gasteiger partial charge in [0.15, 0.2) is 0 Å². The summed E-state index contributed by atoms with van der Waals surface area (Å²) in [6.45, 7) is 6.90. The second kappa shape index (κ2) is 5.62. The third-order valence-electron chi connectivity index (χ3n) is 1.86. The number of rotatable bonds is 5. The Labute approximate surface area is 79.8 Å². The van der Waals surface area contributed by atoms with Crippen LogP contribution in [0.4, 0.5) is 0 Å². The first-order valence-electron chi connectivity index (χ1n) is 4.13. The van der Waals surface area contributed by atoms with E-state index < -0.39 is 0 Å². The van der Waals surface area contributed by atoms with Crippen molar-refractivity contribution in [3.63, 3.8) is 0 Å². The molecule has 0 aliphatic rings. The normalized spacial score (nSPS) is 13.6. The molecule has 2 nitrogen and oxygen atoms in total. The summed E-state index contributed by atoms with van der Waals surface area (Å²) in [5, 5.41) is 0. The highest BCUT2D eigenvalue weighted by Gasteiger charge is 2.20. The van der Waals surface area contributed by atoms with Crippen LogP contribution in [0.1, 0.15) is 27.2 Å². The highest BCUT2D eigenvalue weighted by molar-refractivity contribution is 7.93. The van der Waals surface area contributed by atoms with Crippen LogP contribution in [0.15, 0.2) is 11.6 Å². The van der Waals surface area contributed by atoms with Crippen molar-refractivity contribution >= 4 is 12.0 Å². The zero-order chi connectivity index (χ0) is 9.61. The van der Waals surface area contributed by atoms with E-state index in [1.807, 2.05) is 6.26 Å². The lowest BCUT2D eigenvalue weighted by Crippen LogP contribution is -2.22. The zero-order valence-electron chi connectivity index (χ0n) is 8.39. The van der Waals surface area contributed by atoms with Gasteiger partial charge in [0.2, 0.25) is 0 Å². The Kier molecular flexibility index (Phi) is 5.63. The summed E-state index contributed by atoms with van der Waals surface area (Å²) in [5.41, 5.74) is 6.47. The lowest BCUT2D eigenvalue weighted by molar-refractivity contribution is 0.185. The Morgan fingerprint density at radius 1 is 1.58 bits per heavy atom. The Balaban J connectivity index is 4.12. The Hall–Kier alpha value is 0.01000. The van der Waals surface area contributed by atoms with Crippen molar-refractivity contribution in [1.29, 1.82) is 0 Å². The fraction of sp³-hybridized carbons (Fsp3) is 0.778. The van der Waals surface area contributed by atoms with Crippen LogP contribution < -0.4 is 5.73 Å². The van der Waals surface area contributed by atoms with E-state index >= 15 is 0 Å². The maximum atomic E-state index is 5.50. The van der Waals surface area contributed by atoms with E-state index in [9.17, 15) is 0 Å². The van der Waals surface area contributed by atoms with Gasteiger partial charge in [-0.3, -0.25) is 0 Å². The Morgan fingerprint density at radius 2 is 2.17 bits per heavy atom. The molecule has 0 saturated heterocycles. The molecule has 0 aliphatic heterocycles. The molecule has 0 amide bonds. The minimum atomic E-state index is -0.172. The smallest absolute Gasteiger partial charge is 0.0979 e. The van der Waals surface area contributed by atoms with Gasteiger partial charge in [-0.05, 0) is 51.4 Å². The topological polar surface area (TPSA) is 35.2 Å². The van der Waals surface area contributed by atoms with E-state index in [-0.39, 0.29) is 5.60 Å². The second-order valence-electron chi connectivity index (χ2n) is 3.22. The molecule has 0 bridgehead atoms. The van der Waals surface area contributed by atoms with E-state index in [0.717, 1.165) is 6.42 Å². The standard InChI is InChI=1S/C9H19NOS/c1-8(6-5-7-10)9(2,3)11-12-4/h6H,5,7,10H2,1-4H3/b8-6+. The molecule has 0 unspecified atom stereocenters. The molecule has 0 heterocycles. The van der Waals surface area contributed by atoms with Gasteiger partial charge in [0.1, 0.15) is 0 Å².